The van der Waals surface area contributed by atoms with Gasteiger partial charge < -0.3 is 18.7 Å². The van der Waals surface area contributed by atoms with Crippen molar-refractivity contribution >= 4 is 23.3 Å². The van der Waals surface area contributed by atoms with E-state index in [1.165, 1.54) is 0 Å². The molecule has 0 aliphatic carbocycles. The van der Waals surface area contributed by atoms with Crippen LogP contribution in [0.15, 0.2) is 53.7 Å². The van der Waals surface area contributed by atoms with Gasteiger partial charge in [-0.15, -0.1) is 0 Å². The van der Waals surface area contributed by atoms with Gasteiger partial charge in [0.25, 0.3) is 0 Å². The highest BCUT2D eigenvalue weighted by Crippen LogP contribution is 2.38. The number of anilines is 2. The van der Waals surface area contributed by atoms with Crippen molar-refractivity contribution in [2.75, 3.05) is 68.8 Å². The van der Waals surface area contributed by atoms with E-state index in [9.17, 15) is 0 Å². The quantitative estimate of drug-likeness (QED) is 0.280. The molecule has 0 amide bonds. The number of rotatable bonds is 10. The maximum atomic E-state index is 15.5. The van der Waals surface area contributed by atoms with Gasteiger partial charge in [0.1, 0.15) is 5.82 Å². The van der Waals surface area contributed by atoms with Crippen LogP contribution in [0.1, 0.15) is 33.3 Å². The summed E-state index contributed by atoms with van der Waals surface area (Å²) in [6.07, 6.45) is 3.61. The number of morpholine rings is 1. The smallest absolute Gasteiger partial charge is 0.229 e. The van der Waals surface area contributed by atoms with Crippen LogP contribution in [-0.4, -0.2) is 91.4 Å². The van der Waals surface area contributed by atoms with Crippen molar-refractivity contribution in [2.24, 2.45) is 0 Å². The van der Waals surface area contributed by atoms with E-state index in [2.05, 4.69) is 62.7 Å². The van der Waals surface area contributed by atoms with Crippen molar-refractivity contribution in [1.82, 2.24) is 19.8 Å². The van der Waals surface area contributed by atoms with E-state index in [-0.39, 0.29) is 11.9 Å². The molecular formula is C32H43FN6O2S. The summed E-state index contributed by atoms with van der Waals surface area (Å²) in [7, 11) is 1.64. The highest BCUT2D eigenvalue weighted by molar-refractivity contribution is 8.00. The maximum Gasteiger partial charge on any atom is 0.229 e. The first-order chi connectivity index (χ1) is 20.3. The van der Waals surface area contributed by atoms with Gasteiger partial charge in [-0.1, -0.05) is 6.07 Å². The molecule has 2 aliphatic rings. The zero-order valence-electron chi connectivity index (χ0n) is 25.4. The summed E-state index contributed by atoms with van der Waals surface area (Å²) < 4.78 is 28.8. The van der Waals surface area contributed by atoms with Gasteiger partial charge in [0.15, 0.2) is 0 Å². The maximum absolute atomic E-state index is 15.5. The van der Waals surface area contributed by atoms with Gasteiger partial charge in [0.05, 0.1) is 48.5 Å². The lowest BCUT2D eigenvalue weighted by atomic mass is 10.1. The van der Waals surface area contributed by atoms with Gasteiger partial charge in [-0.2, -0.15) is 0 Å². The Morgan fingerprint density at radius 3 is 2.40 bits per heavy atom. The van der Waals surface area contributed by atoms with E-state index in [1.807, 2.05) is 30.5 Å². The first-order valence-electron chi connectivity index (χ1n) is 14.9. The van der Waals surface area contributed by atoms with Crippen molar-refractivity contribution in [1.29, 1.82) is 0 Å². The minimum Gasteiger partial charge on any atom is -0.480 e. The largest absolute Gasteiger partial charge is 0.480 e. The Morgan fingerprint density at radius 2 is 1.74 bits per heavy atom. The molecule has 2 aromatic heterocycles. The molecule has 8 nitrogen and oxygen atoms in total. The molecule has 226 valence electrons. The number of aromatic nitrogens is 2. The van der Waals surface area contributed by atoms with Crippen LogP contribution in [0.25, 0.3) is 11.3 Å². The van der Waals surface area contributed by atoms with Gasteiger partial charge in [-0.05, 0) is 75.5 Å². The molecule has 0 spiro atoms. The molecule has 0 unspecified atom stereocenters. The number of benzene rings is 1. The SMILES string of the molecule is COc1ncc(N2CCOCC2)cc1SN(c1ccnc(-c2ccc(CN3CCN(C(C)C)CC3)cc2F)c1)C(C)C. The second kappa shape index (κ2) is 14.0. The fourth-order valence-electron chi connectivity index (χ4n) is 5.46. The molecule has 5 rings (SSSR count). The van der Waals surface area contributed by atoms with E-state index in [0.717, 1.165) is 67.6 Å². The molecular weight excluding hydrogens is 551 g/mol. The first-order valence-corrected chi connectivity index (χ1v) is 15.6. The van der Waals surface area contributed by atoms with Crippen molar-refractivity contribution in [2.45, 2.75) is 51.2 Å². The number of ether oxygens (including phenoxy) is 2. The van der Waals surface area contributed by atoms with Crippen LogP contribution in [0.2, 0.25) is 0 Å². The fourth-order valence-corrected chi connectivity index (χ4v) is 6.49. The van der Waals surface area contributed by atoms with Crippen LogP contribution in [0, 0.1) is 5.82 Å². The van der Waals surface area contributed by atoms with Gasteiger partial charge in [-0.3, -0.25) is 14.8 Å². The number of hydrogen-bond donors (Lipinski definition) is 0. The van der Waals surface area contributed by atoms with E-state index in [1.54, 1.807) is 31.3 Å². The van der Waals surface area contributed by atoms with Crippen LogP contribution in [0.4, 0.5) is 15.8 Å². The number of hydrogen-bond acceptors (Lipinski definition) is 9. The molecule has 42 heavy (non-hydrogen) atoms. The van der Waals surface area contributed by atoms with Crippen LogP contribution in [0.3, 0.4) is 0 Å². The molecule has 0 N–H and O–H groups in total. The molecule has 0 saturated carbocycles. The van der Waals surface area contributed by atoms with Gasteiger partial charge >= 0.3 is 0 Å². The number of nitrogens with zero attached hydrogens (tertiary/aromatic N) is 6. The Hall–Kier alpha value is -2.92. The Kier molecular flexibility index (Phi) is 10.2. The molecule has 3 aromatic rings. The Bertz CT molecular complexity index is 1330. The van der Waals surface area contributed by atoms with E-state index in [0.29, 0.717) is 36.4 Å². The number of methoxy groups -OCH3 is 1. The van der Waals surface area contributed by atoms with Crippen LogP contribution >= 0.6 is 11.9 Å². The average Bonchev–Trinajstić information content (AvgIpc) is 3.00. The summed E-state index contributed by atoms with van der Waals surface area (Å²) in [6.45, 7) is 16.7. The summed E-state index contributed by atoms with van der Waals surface area (Å²) in [5.41, 5.74) is 4.09. The van der Waals surface area contributed by atoms with Crippen molar-refractivity contribution in [3.8, 4) is 17.1 Å². The third-order valence-electron chi connectivity index (χ3n) is 7.89. The molecule has 2 fully saturated rings. The number of piperazine rings is 1. The zero-order chi connectivity index (χ0) is 29.6. The summed E-state index contributed by atoms with van der Waals surface area (Å²) in [4.78, 5) is 17.2. The molecule has 2 saturated heterocycles. The highest BCUT2D eigenvalue weighted by atomic mass is 32.2. The standard InChI is InChI=1S/C32H43FN6O2S/c1-23(2)37-12-10-36(11-13-37)22-25-6-7-28(29(33)18-25)30-19-26(8-9-34-30)39(24(3)4)42-31-20-27(21-35-32(31)40-5)38-14-16-41-17-15-38/h6-9,18-21,23-24H,10-17,22H2,1-5H3. The Labute approximate surface area is 254 Å². The highest BCUT2D eigenvalue weighted by Gasteiger charge is 2.22. The second-order valence-electron chi connectivity index (χ2n) is 11.4. The third kappa shape index (κ3) is 7.34. The number of pyridine rings is 2. The molecule has 0 bridgehead atoms. The topological polar surface area (TPSA) is 57.2 Å². The van der Waals surface area contributed by atoms with Gasteiger partial charge in [0, 0.05) is 69.7 Å². The average molecular weight is 595 g/mol. The lowest BCUT2D eigenvalue weighted by Crippen LogP contribution is -2.48. The molecule has 1 aromatic carbocycles. The monoisotopic (exact) mass is 594 g/mol. The minimum absolute atomic E-state index is 0.144. The summed E-state index contributed by atoms with van der Waals surface area (Å²) >= 11 is 1.57. The van der Waals surface area contributed by atoms with Crippen molar-refractivity contribution in [3.05, 3.63) is 60.2 Å². The summed E-state index contributed by atoms with van der Waals surface area (Å²) in [6, 6.07) is 12.3. The van der Waals surface area contributed by atoms with Crippen LogP contribution in [0.5, 0.6) is 5.88 Å². The van der Waals surface area contributed by atoms with Crippen LogP contribution in [-0.2, 0) is 11.3 Å². The molecule has 0 atom stereocenters. The zero-order valence-corrected chi connectivity index (χ0v) is 26.2. The molecule has 2 aliphatic heterocycles. The summed E-state index contributed by atoms with van der Waals surface area (Å²) in [5.74, 6) is 0.329. The minimum atomic E-state index is -0.245. The summed E-state index contributed by atoms with van der Waals surface area (Å²) in [5, 5.41) is 0. The van der Waals surface area contributed by atoms with Gasteiger partial charge in [-0.25, -0.2) is 9.37 Å². The Morgan fingerprint density at radius 1 is 0.976 bits per heavy atom. The van der Waals surface area contributed by atoms with E-state index < -0.39 is 0 Å². The normalized spacial score (nSPS) is 16.8. The lowest BCUT2D eigenvalue weighted by molar-refractivity contribution is 0.104. The van der Waals surface area contributed by atoms with Crippen LogP contribution < -0.4 is 13.9 Å². The Balaban J connectivity index is 1.33. The molecule has 10 heteroatoms. The van der Waals surface area contributed by atoms with Crippen molar-refractivity contribution < 1.29 is 13.9 Å². The van der Waals surface area contributed by atoms with Crippen molar-refractivity contribution in [3.63, 3.8) is 0 Å². The van der Waals surface area contributed by atoms with E-state index in [4.69, 9.17) is 9.47 Å². The fraction of sp³-hybridized carbons (Fsp3) is 0.500. The predicted molar refractivity (Wildman–Crippen MR) is 169 cm³/mol. The van der Waals surface area contributed by atoms with E-state index >= 15 is 4.39 Å². The second-order valence-corrected chi connectivity index (χ2v) is 12.4. The number of halogens is 1. The predicted octanol–water partition coefficient (Wildman–Crippen LogP) is 5.58. The molecule has 0 radical (unpaired) electrons. The lowest BCUT2D eigenvalue weighted by Gasteiger charge is -2.36. The molecule has 4 heterocycles. The van der Waals surface area contributed by atoms with Gasteiger partial charge in [0.2, 0.25) is 5.88 Å². The first kappa shape index (κ1) is 30.5. The third-order valence-corrected chi connectivity index (χ3v) is 9.21.